The SMILES string of the molecule is CCN(CC)C(=O)C1=C(C)N=c2s/c(=C/c3ccc(N(CC)CC)o3)c(=O)n2[C@@H]1c1ccc(Cl)cc1. The largest absolute Gasteiger partial charge is 0.441 e. The summed E-state index contributed by atoms with van der Waals surface area (Å²) < 4.78 is 8.12. The molecule has 2 aromatic heterocycles. The number of anilines is 1. The van der Waals surface area contributed by atoms with Gasteiger partial charge in [0.05, 0.1) is 21.8 Å². The van der Waals surface area contributed by atoms with Gasteiger partial charge in [-0.3, -0.25) is 14.2 Å². The Balaban J connectivity index is 1.89. The standard InChI is InChI=1S/C27H31ClN4O3S/c1-6-30(7-2)22-15-14-20(35-22)16-21-25(33)32-24(18-10-12-19(28)13-11-18)23(17(5)29-27(32)36-21)26(34)31(8-3)9-4/h10-16,24H,6-9H2,1-5H3/b21-16+/t24-/m1/s1. The van der Waals surface area contributed by atoms with Crippen LogP contribution in [0.2, 0.25) is 5.02 Å². The highest BCUT2D eigenvalue weighted by Gasteiger charge is 2.34. The van der Waals surface area contributed by atoms with Crippen LogP contribution in [0.4, 0.5) is 5.88 Å². The Kier molecular flexibility index (Phi) is 7.85. The molecule has 3 aromatic rings. The van der Waals surface area contributed by atoms with Crippen molar-refractivity contribution in [1.29, 1.82) is 0 Å². The van der Waals surface area contributed by atoms with Gasteiger partial charge in [-0.15, -0.1) is 0 Å². The first-order valence-electron chi connectivity index (χ1n) is 12.2. The van der Waals surface area contributed by atoms with Gasteiger partial charge in [0.1, 0.15) is 5.76 Å². The highest BCUT2D eigenvalue weighted by Crippen LogP contribution is 2.31. The summed E-state index contributed by atoms with van der Waals surface area (Å²) in [5.41, 5.74) is 1.71. The molecule has 1 atom stereocenters. The zero-order chi connectivity index (χ0) is 26.0. The number of hydrogen-bond acceptors (Lipinski definition) is 6. The fourth-order valence-corrected chi connectivity index (χ4v) is 5.64. The van der Waals surface area contributed by atoms with Gasteiger partial charge in [0.2, 0.25) is 0 Å². The first kappa shape index (κ1) is 26.0. The second-order valence-corrected chi connectivity index (χ2v) is 9.90. The van der Waals surface area contributed by atoms with Crippen LogP contribution in [0.25, 0.3) is 6.08 Å². The molecule has 0 unspecified atom stereocenters. The zero-order valence-electron chi connectivity index (χ0n) is 21.2. The predicted molar refractivity (Wildman–Crippen MR) is 145 cm³/mol. The van der Waals surface area contributed by atoms with Gasteiger partial charge in [0.15, 0.2) is 10.7 Å². The van der Waals surface area contributed by atoms with E-state index < -0.39 is 6.04 Å². The van der Waals surface area contributed by atoms with E-state index in [1.165, 1.54) is 11.3 Å². The molecule has 0 aliphatic carbocycles. The summed E-state index contributed by atoms with van der Waals surface area (Å²) in [6.07, 6.45) is 1.75. The summed E-state index contributed by atoms with van der Waals surface area (Å²) in [6.45, 7) is 12.7. The van der Waals surface area contributed by atoms with Gasteiger partial charge in [-0.05, 0) is 58.4 Å². The van der Waals surface area contributed by atoms with Crippen LogP contribution < -0.4 is 19.8 Å². The van der Waals surface area contributed by atoms with Crippen LogP contribution in [0.15, 0.2) is 61.9 Å². The van der Waals surface area contributed by atoms with Crippen LogP contribution in [-0.4, -0.2) is 41.6 Å². The number of amides is 1. The minimum Gasteiger partial charge on any atom is -0.441 e. The zero-order valence-corrected chi connectivity index (χ0v) is 22.8. The summed E-state index contributed by atoms with van der Waals surface area (Å²) >= 11 is 7.45. The minimum absolute atomic E-state index is 0.120. The lowest BCUT2D eigenvalue weighted by Crippen LogP contribution is -2.43. The smallest absolute Gasteiger partial charge is 0.271 e. The molecule has 36 heavy (non-hydrogen) atoms. The van der Waals surface area contributed by atoms with Crippen molar-refractivity contribution < 1.29 is 9.21 Å². The van der Waals surface area contributed by atoms with Crippen molar-refractivity contribution in [2.75, 3.05) is 31.1 Å². The highest BCUT2D eigenvalue weighted by molar-refractivity contribution is 7.07. The number of benzene rings is 1. The van der Waals surface area contributed by atoms with Crippen molar-refractivity contribution in [2.45, 2.75) is 40.7 Å². The van der Waals surface area contributed by atoms with Gasteiger partial charge in [-0.1, -0.05) is 35.1 Å². The Morgan fingerprint density at radius 2 is 1.75 bits per heavy atom. The van der Waals surface area contributed by atoms with Gasteiger partial charge < -0.3 is 14.2 Å². The van der Waals surface area contributed by atoms with E-state index in [9.17, 15) is 9.59 Å². The lowest BCUT2D eigenvalue weighted by molar-refractivity contribution is -0.127. The Bertz CT molecular complexity index is 1460. The van der Waals surface area contributed by atoms with Crippen molar-refractivity contribution in [2.24, 2.45) is 4.99 Å². The van der Waals surface area contributed by atoms with Crippen molar-refractivity contribution in [1.82, 2.24) is 9.47 Å². The Morgan fingerprint density at radius 3 is 2.36 bits per heavy atom. The number of furan rings is 1. The Hall–Kier alpha value is -3.10. The molecule has 7 nitrogen and oxygen atoms in total. The number of aromatic nitrogens is 1. The van der Waals surface area contributed by atoms with E-state index >= 15 is 0 Å². The number of hydrogen-bond donors (Lipinski definition) is 0. The van der Waals surface area contributed by atoms with Crippen molar-refractivity contribution in [3.05, 3.63) is 83.7 Å². The van der Waals surface area contributed by atoms with Crippen LogP contribution in [-0.2, 0) is 4.79 Å². The van der Waals surface area contributed by atoms with E-state index in [1.54, 1.807) is 27.7 Å². The molecule has 1 aliphatic rings. The predicted octanol–water partition coefficient (Wildman–Crippen LogP) is 4.20. The van der Waals surface area contributed by atoms with Gasteiger partial charge in [-0.2, -0.15) is 0 Å². The third kappa shape index (κ3) is 4.80. The maximum Gasteiger partial charge on any atom is 0.271 e. The average Bonchev–Trinajstić information content (AvgIpc) is 3.45. The molecular weight excluding hydrogens is 496 g/mol. The summed E-state index contributed by atoms with van der Waals surface area (Å²) in [6, 6.07) is 10.5. The third-order valence-electron chi connectivity index (χ3n) is 6.45. The molecule has 1 aromatic carbocycles. The van der Waals surface area contributed by atoms with Gasteiger partial charge in [0, 0.05) is 43.3 Å². The van der Waals surface area contributed by atoms with Crippen LogP contribution in [0.3, 0.4) is 0 Å². The molecular formula is C27H31ClN4O3S. The van der Waals surface area contributed by atoms with E-state index in [4.69, 9.17) is 21.0 Å². The van der Waals surface area contributed by atoms with Crippen LogP contribution >= 0.6 is 22.9 Å². The summed E-state index contributed by atoms with van der Waals surface area (Å²) in [7, 11) is 0. The highest BCUT2D eigenvalue weighted by atomic mass is 35.5. The average molecular weight is 527 g/mol. The molecule has 9 heteroatoms. The van der Waals surface area contributed by atoms with E-state index in [2.05, 4.69) is 18.7 Å². The molecule has 0 bridgehead atoms. The fraction of sp³-hybridized carbons (Fsp3) is 0.370. The lowest BCUT2D eigenvalue weighted by Gasteiger charge is -2.29. The molecule has 0 radical (unpaired) electrons. The third-order valence-corrected chi connectivity index (χ3v) is 7.68. The number of allylic oxidation sites excluding steroid dienone is 1. The van der Waals surface area contributed by atoms with Crippen molar-refractivity contribution in [3.63, 3.8) is 0 Å². The van der Waals surface area contributed by atoms with Crippen molar-refractivity contribution >= 4 is 40.8 Å². The number of carbonyl (C=O) groups is 1. The molecule has 0 saturated carbocycles. The van der Waals surface area contributed by atoms with Crippen LogP contribution in [0.5, 0.6) is 0 Å². The molecule has 4 rings (SSSR count). The monoisotopic (exact) mass is 526 g/mol. The number of fused-ring (bicyclic) bond motifs is 1. The molecule has 3 heterocycles. The molecule has 1 amide bonds. The van der Waals surface area contributed by atoms with E-state index in [1.807, 2.05) is 45.0 Å². The summed E-state index contributed by atoms with van der Waals surface area (Å²) in [4.78, 5) is 36.5. The van der Waals surface area contributed by atoms with Gasteiger partial charge in [-0.25, -0.2) is 4.99 Å². The number of halogens is 1. The van der Waals surface area contributed by atoms with Crippen LogP contribution in [0.1, 0.15) is 52.0 Å². The number of nitrogens with zero attached hydrogens (tertiary/aromatic N) is 4. The summed E-state index contributed by atoms with van der Waals surface area (Å²) in [5, 5.41) is 0.588. The number of likely N-dealkylation sites (N-methyl/N-ethyl adjacent to an activating group) is 1. The Morgan fingerprint density at radius 1 is 1.08 bits per heavy atom. The molecule has 0 spiro atoms. The van der Waals surface area contributed by atoms with Gasteiger partial charge in [0.25, 0.3) is 11.5 Å². The van der Waals surface area contributed by atoms with E-state index in [0.29, 0.717) is 44.5 Å². The minimum atomic E-state index is -0.600. The van der Waals surface area contributed by atoms with E-state index in [0.717, 1.165) is 24.5 Å². The molecule has 190 valence electrons. The van der Waals surface area contributed by atoms with E-state index in [-0.39, 0.29) is 11.5 Å². The lowest BCUT2D eigenvalue weighted by atomic mass is 9.94. The number of thiazole rings is 1. The quantitative estimate of drug-likeness (QED) is 0.441. The normalized spacial score (nSPS) is 15.6. The summed E-state index contributed by atoms with van der Waals surface area (Å²) in [5.74, 6) is 1.24. The van der Waals surface area contributed by atoms with Gasteiger partial charge >= 0.3 is 0 Å². The maximum atomic E-state index is 13.8. The second-order valence-electron chi connectivity index (χ2n) is 8.46. The molecule has 1 aliphatic heterocycles. The fourth-order valence-electron chi connectivity index (χ4n) is 4.49. The second kappa shape index (κ2) is 10.9. The Labute approximate surface area is 219 Å². The first-order chi connectivity index (χ1) is 17.3. The number of rotatable bonds is 8. The topological polar surface area (TPSA) is 71.1 Å². The molecule has 0 fully saturated rings. The van der Waals surface area contributed by atoms with Crippen molar-refractivity contribution in [3.8, 4) is 0 Å². The molecule has 0 saturated heterocycles. The number of carbonyl (C=O) groups excluding carboxylic acids is 1. The maximum absolute atomic E-state index is 13.8. The first-order valence-corrected chi connectivity index (χ1v) is 13.4. The van der Waals surface area contributed by atoms with Crippen LogP contribution in [0, 0.1) is 0 Å². The molecule has 0 N–H and O–H groups in total.